The van der Waals surface area contributed by atoms with E-state index in [4.69, 9.17) is 25.8 Å². The summed E-state index contributed by atoms with van der Waals surface area (Å²) in [7, 11) is 3.31. The van der Waals surface area contributed by atoms with Gasteiger partial charge in [-0.2, -0.15) is 0 Å². The number of aromatic nitrogens is 3. The summed E-state index contributed by atoms with van der Waals surface area (Å²) in [4.78, 5) is 27.5. The van der Waals surface area contributed by atoms with E-state index >= 15 is 0 Å². The molecule has 0 aliphatic carbocycles. The number of pyridine rings is 1. The number of hydrogen-bond donors (Lipinski definition) is 2. The maximum absolute atomic E-state index is 12.0. The Morgan fingerprint density at radius 2 is 2.05 bits per heavy atom. The molecule has 5 rings (SSSR count). The van der Waals surface area contributed by atoms with Gasteiger partial charge in [0.1, 0.15) is 30.8 Å². The second-order valence-electron chi connectivity index (χ2n) is 10.1. The zero-order chi connectivity index (χ0) is 30.0. The van der Waals surface area contributed by atoms with E-state index in [1.807, 2.05) is 36.4 Å². The number of anilines is 3. The van der Waals surface area contributed by atoms with Crippen LogP contribution in [0.4, 0.5) is 17.2 Å². The first-order valence-corrected chi connectivity index (χ1v) is 14.5. The van der Waals surface area contributed by atoms with Gasteiger partial charge in [-0.25, -0.2) is 9.97 Å². The average molecular weight is 603 g/mol. The number of methoxy groups -OCH3 is 2. The molecular formula is C32H35ClN6O4. The van der Waals surface area contributed by atoms with Gasteiger partial charge in [-0.15, -0.1) is 0 Å². The van der Waals surface area contributed by atoms with Gasteiger partial charge in [-0.3, -0.25) is 14.7 Å². The molecule has 1 atom stereocenters. The molecule has 2 aromatic heterocycles. The Hall–Kier alpha value is -4.25. The third-order valence-corrected chi connectivity index (χ3v) is 7.59. The van der Waals surface area contributed by atoms with E-state index < -0.39 is 0 Å². The van der Waals surface area contributed by atoms with Crippen LogP contribution in [0.5, 0.6) is 11.5 Å². The first-order valence-electron chi connectivity index (χ1n) is 14.1. The highest BCUT2D eigenvalue weighted by Gasteiger charge is 2.23. The fraction of sp³-hybridized carbons (Fsp3) is 0.312. The summed E-state index contributed by atoms with van der Waals surface area (Å²) in [5.74, 6) is 1.66. The van der Waals surface area contributed by atoms with Gasteiger partial charge in [-0.1, -0.05) is 23.7 Å². The van der Waals surface area contributed by atoms with Crippen LogP contribution >= 0.6 is 11.6 Å². The van der Waals surface area contributed by atoms with Gasteiger partial charge in [-0.05, 0) is 61.9 Å². The molecule has 10 nitrogen and oxygen atoms in total. The number of carbonyl (C=O) groups excluding carboxylic acids is 1. The highest BCUT2D eigenvalue weighted by atomic mass is 35.5. The topological polar surface area (TPSA) is 111 Å². The van der Waals surface area contributed by atoms with Gasteiger partial charge in [0.25, 0.3) is 0 Å². The van der Waals surface area contributed by atoms with Gasteiger partial charge in [0, 0.05) is 43.7 Å². The number of likely N-dealkylation sites (tertiary alicyclic amines) is 1. The predicted octanol–water partition coefficient (Wildman–Crippen LogP) is 5.66. The van der Waals surface area contributed by atoms with Crippen LogP contribution in [-0.2, 0) is 16.1 Å². The van der Waals surface area contributed by atoms with E-state index in [1.54, 1.807) is 32.5 Å². The molecule has 0 bridgehead atoms. The van der Waals surface area contributed by atoms with Crippen molar-refractivity contribution < 1.29 is 19.0 Å². The average Bonchev–Trinajstić information content (AvgIpc) is 3.48. The first kappa shape index (κ1) is 30.2. The van der Waals surface area contributed by atoms with E-state index in [1.165, 1.54) is 6.33 Å². The van der Waals surface area contributed by atoms with Crippen LogP contribution in [0.15, 0.2) is 72.7 Å². The molecule has 224 valence electrons. The van der Waals surface area contributed by atoms with E-state index in [-0.39, 0.29) is 6.04 Å². The molecule has 0 radical (unpaired) electrons. The Labute approximate surface area is 256 Å². The van der Waals surface area contributed by atoms with Crippen molar-refractivity contribution >= 4 is 46.0 Å². The molecule has 11 heteroatoms. The molecule has 3 heterocycles. The second-order valence-corrected chi connectivity index (χ2v) is 10.5. The molecule has 2 aromatic carbocycles. The maximum atomic E-state index is 12.0. The highest BCUT2D eigenvalue weighted by molar-refractivity contribution is 6.32. The fourth-order valence-electron chi connectivity index (χ4n) is 5.15. The summed E-state index contributed by atoms with van der Waals surface area (Å²) in [6.07, 6.45) is 8.31. The third kappa shape index (κ3) is 7.59. The summed E-state index contributed by atoms with van der Waals surface area (Å²) < 4.78 is 17.0. The SMILES string of the molecule is COCCN1CCC[C@@H]1/C=C(\C=O)CNc1ccc2ncnc(Nc3ccc(OCc4ccccn4)c(Cl)c3)c2c1OC. The molecule has 1 aliphatic heterocycles. The van der Waals surface area contributed by atoms with Crippen LogP contribution in [0.3, 0.4) is 0 Å². The number of nitrogens with one attached hydrogen (secondary N) is 2. The quantitative estimate of drug-likeness (QED) is 0.139. The zero-order valence-corrected chi connectivity index (χ0v) is 25.0. The molecule has 43 heavy (non-hydrogen) atoms. The zero-order valence-electron chi connectivity index (χ0n) is 24.3. The summed E-state index contributed by atoms with van der Waals surface area (Å²) in [6.45, 7) is 3.18. The number of rotatable bonds is 14. The number of fused-ring (bicyclic) bond motifs is 1. The number of ether oxygens (including phenoxy) is 3. The first-order chi connectivity index (χ1) is 21.1. The molecule has 1 fully saturated rings. The Bertz CT molecular complexity index is 1570. The van der Waals surface area contributed by atoms with Gasteiger partial charge < -0.3 is 24.8 Å². The molecule has 1 saturated heterocycles. The van der Waals surface area contributed by atoms with Gasteiger partial charge in [0.15, 0.2) is 5.75 Å². The van der Waals surface area contributed by atoms with Gasteiger partial charge in [0.2, 0.25) is 0 Å². The lowest BCUT2D eigenvalue weighted by molar-refractivity contribution is -0.104. The predicted molar refractivity (Wildman–Crippen MR) is 169 cm³/mol. The fourth-order valence-corrected chi connectivity index (χ4v) is 5.38. The van der Waals surface area contributed by atoms with E-state index in [9.17, 15) is 4.79 Å². The van der Waals surface area contributed by atoms with E-state index in [0.717, 1.165) is 49.3 Å². The van der Waals surface area contributed by atoms with Crippen molar-refractivity contribution in [2.75, 3.05) is 51.1 Å². The van der Waals surface area contributed by atoms with Crippen LogP contribution in [-0.4, -0.2) is 72.6 Å². The largest absolute Gasteiger partial charge is 0.494 e. The van der Waals surface area contributed by atoms with Crippen molar-refractivity contribution in [1.82, 2.24) is 19.9 Å². The van der Waals surface area contributed by atoms with Crippen LogP contribution < -0.4 is 20.1 Å². The lowest BCUT2D eigenvalue weighted by Gasteiger charge is -2.22. The van der Waals surface area contributed by atoms with Crippen LogP contribution in [0.25, 0.3) is 10.9 Å². The minimum Gasteiger partial charge on any atom is -0.494 e. The number of benzene rings is 2. The van der Waals surface area contributed by atoms with Crippen molar-refractivity contribution in [3.8, 4) is 11.5 Å². The van der Waals surface area contributed by atoms with Crippen molar-refractivity contribution in [3.05, 3.63) is 83.4 Å². The minimum absolute atomic E-state index is 0.221. The monoisotopic (exact) mass is 602 g/mol. The standard InChI is InChI=1S/C32H35ClN6O4/c1-41-15-14-39-13-5-7-25(39)16-22(19-40)18-35-28-10-9-27-30(31(28)42-2)32(37-21-36-27)38-23-8-11-29(26(33)17-23)43-20-24-6-3-4-12-34-24/h3-4,6,8-12,16-17,19,21,25,35H,5,7,13-15,18,20H2,1-2H3,(H,36,37,38)/b22-16-/t25-/m1/s1. The van der Waals surface area contributed by atoms with Crippen molar-refractivity contribution in [2.24, 2.45) is 0 Å². The minimum atomic E-state index is 0.221. The molecule has 1 aliphatic rings. The van der Waals surface area contributed by atoms with Crippen molar-refractivity contribution in [3.63, 3.8) is 0 Å². The molecule has 0 spiro atoms. The van der Waals surface area contributed by atoms with Crippen molar-refractivity contribution in [1.29, 1.82) is 0 Å². The van der Waals surface area contributed by atoms with E-state index in [2.05, 4.69) is 36.6 Å². The Morgan fingerprint density at radius 3 is 2.81 bits per heavy atom. The normalized spacial score (nSPS) is 15.4. The molecule has 2 N–H and O–H groups in total. The number of carbonyl (C=O) groups is 1. The van der Waals surface area contributed by atoms with E-state index in [0.29, 0.717) is 58.6 Å². The third-order valence-electron chi connectivity index (χ3n) is 7.29. The number of aldehydes is 1. The summed E-state index contributed by atoms with van der Waals surface area (Å²) >= 11 is 6.55. The van der Waals surface area contributed by atoms with Gasteiger partial charge in [0.05, 0.1) is 41.0 Å². The molecule has 0 unspecified atom stereocenters. The lowest BCUT2D eigenvalue weighted by atomic mass is 10.1. The Kier molecular flexibility index (Phi) is 10.4. The molecule has 0 amide bonds. The highest BCUT2D eigenvalue weighted by Crippen LogP contribution is 2.38. The summed E-state index contributed by atoms with van der Waals surface area (Å²) in [5.41, 5.74) is 3.63. The Morgan fingerprint density at radius 1 is 1.14 bits per heavy atom. The number of nitrogens with zero attached hydrogens (tertiary/aromatic N) is 4. The summed E-state index contributed by atoms with van der Waals surface area (Å²) in [6, 6.07) is 15.1. The van der Waals surface area contributed by atoms with Crippen LogP contribution in [0, 0.1) is 0 Å². The van der Waals surface area contributed by atoms with Crippen LogP contribution in [0.2, 0.25) is 5.02 Å². The maximum Gasteiger partial charge on any atom is 0.155 e. The Balaban J connectivity index is 1.33. The second kappa shape index (κ2) is 14.8. The summed E-state index contributed by atoms with van der Waals surface area (Å²) in [5, 5.41) is 7.87. The number of hydrogen-bond acceptors (Lipinski definition) is 10. The smallest absolute Gasteiger partial charge is 0.155 e. The molecular weight excluding hydrogens is 568 g/mol. The van der Waals surface area contributed by atoms with Crippen molar-refractivity contribution in [2.45, 2.75) is 25.5 Å². The number of halogens is 1. The van der Waals surface area contributed by atoms with Crippen LogP contribution in [0.1, 0.15) is 18.5 Å². The molecule has 0 saturated carbocycles. The lowest BCUT2D eigenvalue weighted by Crippen LogP contribution is -2.31. The molecule has 4 aromatic rings. The van der Waals surface area contributed by atoms with Gasteiger partial charge >= 0.3 is 0 Å².